The molecule has 1 fully saturated rings. The monoisotopic (exact) mass is 284 g/mol. The molecule has 0 aromatic carbocycles. The molecule has 0 aromatic heterocycles. The fourth-order valence-corrected chi connectivity index (χ4v) is 2.15. The Morgan fingerprint density at radius 1 is 1.32 bits per heavy atom. The van der Waals surface area contributed by atoms with Gasteiger partial charge >= 0.3 is 6.36 Å². The number of hydrogen-bond acceptors (Lipinski definition) is 3. The van der Waals surface area contributed by atoms with E-state index in [9.17, 15) is 13.2 Å². The molecule has 0 amide bonds. The number of hydrogen-bond donors (Lipinski definition) is 2. The lowest BCUT2D eigenvalue weighted by atomic mass is 9.80. The molecule has 2 atom stereocenters. The van der Waals surface area contributed by atoms with Gasteiger partial charge in [0, 0.05) is 12.6 Å². The first-order valence-corrected chi connectivity index (χ1v) is 6.93. The zero-order valence-corrected chi connectivity index (χ0v) is 12.4. The second-order valence-electron chi connectivity index (χ2n) is 4.95. The molecule has 19 heavy (non-hydrogen) atoms. The van der Waals surface area contributed by atoms with Crippen LogP contribution in [0.1, 0.15) is 40.5 Å². The molecule has 6 heteroatoms. The molecule has 1 saturated heterocycles. The maximum Gasteiger partial charge on any atom is 0.522 e. The predicted octanol–water partition coefficient (Wildman–Crippen LogP) is 2.92. The fourth-order valence-electron chi connectivity index (χ4n) is 2.15. The van der Waals surface area contributed by atoms with Gasteiger partial charge in [-0.15, -0.1) is 13.2 Å². The molecule has 0 aliphatic carbocycles. The topological polar surface area (TPSA) is 33.3 Å². The van der Waals surface area contributed by atoms with Crippen LogP contribution < -0.4 is 10.6 Å². The van der Waals surface area contributed by atoms with E-state index in [1.807, 2.05) is 0 Å². The molecule has 1 aliphatic heterocycles. The van der Waals surface area contributed by atoms with E-state index in [2.05, 4.69) is 36.1 Å². The van der Waals surface area contributed by atoms with Crippen LogP contribution in [0.3, 0.4) is 0 Å². The van der Waals surface area contributed by atoms with Gasteiger partial charge in [-0.3, -0.25) is 4.74 Å². The molecule has 2 N–H and O–H groups in total. The van der Waals surface area contributed by atoms with Gasteiger partial charge in [0.15, 0.2) is 0 Å². The van der Waals surface area contributed by atoms with Gasteiger partial charge in [-0.25, -0.2) is 0 Å². The molecule has 1 aliphatic rings. The van der Waals surface area contributed by atoms with Crippen LogP contribution in [0, 0.1) is 5.41 Å². The van der Waals surface area contributed by atoms with Gasteiger partial charge in [0.1, 0.15) is 0 Å². The molecule has 1 heterocycles. The molecule has 0 saturated carbocycles. The molecular weight excluding hydrogens is 257 g/mol. The normalized spacial score (nSPS) is 27.0. The fraction of sp³-hybridized carbons (Fsp3) is 1.00. The zero-order valence-electron chi connectivity index (χ0n) is 12.4. The highest BCUT2D eigenvalue weighted by molar-refractivity contribution is 4.94. The van der Waals surface area contributed by atoms with Gasteiger partial charge in [-0.2, -0.15) is 0 Å². The van der Waals surface area contributed by atoms with Gasteiger partial charge in [0.2, 0.25) is 0 Å². The van der Waals surface area contributed by atoms with Crippen LogP contribution in [0.25, 0.3) is 0 Å². The van der Waals surface area contributed by atoms with E-state index in [1.54, 1.807) is 0 Å². The molecule has 2 unspecified atom stereocenters. The highest BCUT2D eigenvalue weighted by atomic mass is 19.4. The molecule has 0 spiro atoms. The lowest BCUT2D eigenvalue weighted by Gasteiger charge is -2.29. The highest BCUT2D eigenvalue weighted by Gasteiger charge is 2.36. The van der Waals surface area contributed by atoms with Crippen molar-refractivity contribution in [3.05, 3.63) is 0 Å². The first-order chi connectivity index (χ1) is 8.79. The van der Waals surface area contributed by atoms with Crippen molar-refractivity contribution in [2.45, 2.75) is 52.9 Å². The van der Waals surface area contributed by atoms with E-state index >= 15 is 0 Å². The Morgan fingerprint density at radius 2 is 1.95 bits per heavy atom. The summed E-state index contributed by atoms with van der Waals surface area (Å²) in [5.41, 5.74) is 0.530. The Balaban J connectivity index is 0.000000399. The van der Waals surface area contributed by atoms with Crippen molar-refractivity contribution in [2.24, 2.45) is 5.41 Å². The predicted molar refractivity (Wildman–Crippen MR) is 71.0 cm³/mol. The van der Waals surface area contributed by atoms with Gasteiger partial charge in [0.05, 0.1) is 6.61 Å². The lowest BCUT2D eigenvalue weighted by molar-refractivity contribution is -0.322. The third-order valence-corrected chi connectivity index (χ3v) is 3.64. The van der Waals surface area contributed by atoms with Crippen LogP contribution in [0.15, 0.2) is 0 Å². The summed E-state index contributed by atoms with van der Waals surface area (Å²) in [4.78, 5) is 0. The minimum atomic E-state index is -4.45. The summed E-state index contributed by atoms with van der Waals surface area (Å²) in [5, 5.41) is 6.99. The van der Waals surface area contributed by atoms with Crippen LogP contribution in [-0.2, 0) is 4.74 Å². The molecule has 3 nitrogen and oxygen atoms in total. The maximum absolute atomic E-state index is 10.8. The van der Waals surface area contributed by atoms with Crippen molar-refractivity contribution in [3.63, 3.8) is 0 Å². The summed E-state index contributed by atoms with van der Waals surface area (Å²) in [7, 11) is 0. The summed E-state index contributed by atoms with van der Waals surface area (Å²) in [6, 6.07) is 0.683. The minimum absolute atomic E-state index is 0.316. The summed E-state index contributed by atoms with van der Waals surface area (Å²) >= 11 is 0. The van der Waals surface area contributed by atoms with Crippen LogP contribution in [-0.4, -0.2) is 38.6 Å². The van der Waals surface area contributed by atoms with Crippen LogP contribution in [0.2, 0.25) is 0 Å². The summed E-state index contributed by atoms with van der Waals surface area (Å²) in [6.07, 6.45) is -1.83. The SMILES string of the molecule is CCNCC1NCCC1(C)CC.CCOC(F)(F)F. The van der Waals surface area contributed by atoms with E-state index < -0.39 is 6.36 Å². The lowest BCUT2D eigenvalue weighted by Crippen LogP contribution is -2.42. The molecule has 116 valence electrons. The zero-order chi connectivity index (χ0) is 14.9. The van der Waals surface area contributed by atoms with E-state index in [4.69, 9.17) is 0 Å². The summed E-state index contributed by atoms with van der Waals surface area (Å²) in [6.45, 7) is 11.2. The van der Waals surface area contributed by atoms with Gasteiger partial charge in [0.25, 0.3) is 0 Å². The number of rotatable bonds is 5. The Bertz CT molecular complexity index is 236. The van der Waals surface area contributed by atoms with Crippen molar-refractivity contribution in [1.29, 1.82) is 0 Å². The van der Waals surface area contributed by atoms with E-state index in [0.29, 0.717) is 11.5 Å². The smallest absolute Gasteiger partial charge is 0.315 e. The molecule has 1 rings (SSSR count). The number of nitrogens with one attached hydrogen (secondary N) is 2. The Hall–Kier alpha value is -0.330. The third kappa shape index (κ3) is 7.74. The number of halogens is 3. The first kappa shape index (κ1) is 18.7. The molecule has 0 radical (unpaired) electrons. The number of alkyl halides is 3. The standard InChI is InChI=1S/C10H22N2.C3H5F3O/c1-4-10(3)6-7-12-9(10)8-11-5-2;1-2-7-3(4,5)6/h9,11-12H,4-8H2,1-3H3;2H2,1H3. The minimum Gasteiger partial charge on any atom is -0.315 e. The van der Waals surface area contributed by atoms with E-state index in [-0.39, 0.29) is 6.61 Å². The first-order valence-electron chi connectivity index (χ1n) is 6.93. The van der Waals surface area contributed by atoms with Gasteiger partial charge in [-0.05, 0) is 38.3 Å². The molecule has 0 bridgehead atoms. The van der Waals surface area contributed by atoms with Gasteiger partial charge in [-0.1, -0.05) is 20.8 Å². The number of likely N-dealkylation sites (N-methyl/N-ethyl adjacent to an activating group) is 1. The van der Waals surface area contributed by atoms with Crippen molar-refractivity contribution < 1.29 is 17.9 Å². The largest absolute Gasteiger partial charge is 0.522 e. The highest BCUT2D eigenvalue weighted by Crippen LogP contribution is 2.33. The maximum atomic E-state index is 10.8. The Kier molecular flexibility index (Phi) is 8.61. The van der Waals surface area contributed by atoms with Crippen molar-refractivity contribution >= 4 is 0 Å². The number of ether oxygens (including phenoxy) is 1. The van der Waals surface area contributed by atoms with Crippen LogP contribution in [0.5, 0.6) is 0 Å². The van der Waals surface area contributed by atoms with E-state index in [0.717, 1.165) is 13.1 Å². The average Bonchev–Trinajstić information content (AvgIpc) is 2.68. The second-order valence-corrected chi connectivity index (χ2v) is 4.95. The third-order valence-electron chi connectivity index (χ3n) is 3.64. The van der Waals surface area contributed by atoms with Crippen LogP contribution in [0.4, 0.5) is 13.2 Å². The second kappa shape index (κ2) is 8.76. The summed E-state index contributed by atoms with van der Waals surface area (Å²) < 4.78 is 35.7. The quantitative estimate of drug-likeness (QED) is 0.814. The van der Waals surface area contributed by atoms with Crippen molar-refractivity contribution in [1.82, 2.24) is 10.6 Å². The Labute approximate surface area is 114 Å². The average molecular weight is 284 g/mol. The van der Waals surface area contributed by atoms with Crippen molar-refractivity contribution in [3.8, 4) is 0 Å². The molecule has 0 aromatic rings. The summed E-state index contributed by atoms with van der Waals surface area (Å²) in [5.74, 6) is 0. The van der Waals surface area contributed by atoms with Crippen molar-refractivity contribution in [2.75, 3.05) is 26.2 Å². The van der Waals surface area contributed by atoms with Crippen LogP contribution >= 0.6 is 0 Å². The van der Waals surface area contributed by atoms with Gasteiger partial charge < -0.3 is 10.6 Å². The van der Waals surface area contributed by atoms with E-state index in [1.165, 1.54) is 26.3 Å². The Morgan fingerprint density at radius 3 is 2.32 bits per heavy atom. The molecular formula is C13H27F3N2O.